The van der Waals surface area contributed by atoms with Gasteiger partial charge in [-0.2, -0.15) is 5.10 Å². The summed E-state index contributed by atoms with van der Waals surface area (Å²) in [4.78, 5) is 2.13. The molecule has 1 atom stereocenters. The first-order chi connectivity index (χ1) is 16.4. The van der Waals surface area contributed by atoms with Crippen LogP contribution in [0.2, 0.25) is 5.02 Å². The summed E-state index contributed by atoms with van der Waals surface area (Å²) in [5, 5.41) is 16.0. The van der Waals surface area contributed by atoms with Crippen LogP contribution < -0.4 is 4.74 Å². The second-order valence-corrected chi connectivity index (χ2v) is 8.87. The molecule has 2 aromatic carbocycles. The molecule has 0 fully saturated rings. The van der Waals surface area contributed by atoms with Gasteiger partial charge in [-0.3, -0.25) is 4.90 Å². The minimum absolute atomic E-state index is 0.0628. The molecule has 0 aliphatic rings. The lowest BCUT2D eigenvalue weighted by atomic mass is 10.2. The van der Waals surface area contributed by atoms with Crippen molar-refractivity contribution in [2.45, 2.75) is 39.5 Å². The van der Waals surface area contributed by atoms with Crippen LogP contribution in [0.3, 0.4) is 0 Å². The SMILES string of the molecule is COCCN(Cc1c(C)nn(-c2ccccc2)c1Oc1ccc(Cl)cc1)C[C@@H](O)COC(C)C. The summed E-state index contributed by atoms with van der Waals surface area (Å²) in [6.07, 6.45) is -0.558. The van der Waals surface area contributed by atoms with Crippen molar-refractivity contribution in [1.29, 1.82) is 0 Å². The monoisotopic (exact) mass is 487 g/mol. The van der Waals surface area contributed by atoms with Gasteiger partial charge in [0.2, 0.25) is 5.88 Å². The Morgan fingerprint density at radius 3 is 2.44 bits per heavy atom. The van der Waals surface area contributed by atoms with Crippen molar-refractivity contribution in [1.82, 2.24) is 14.7 Å². The summed E-state index contributed by atoms with van der Waals surface area (Å²) in [6, 6.07) is 17.1. The molecule has 0 aliphatic heterocycles. The molecular formula is C26H34ClN3O4. The van der Waals surface area contributed by atoms with E-state index in [0.717, 1.165) is 16.9 Å². The molecule has 0 unspecified atom stereocenters. The van der Waals surface area contributed by atoms with Crippen LogP contribution in [0.1, 0.15) is 25.1 Å². The zero-order valence-electron chi connectivity index (χ0n) is 20.3. The number of aliphatic hydroxyl groups is 1. The summed E-state index contributed by atoms with van der Waals surface area (Å²) >= 11 is 6.06. The number of halogens is 1. The molecule has 7 nitrogen and oxygen atoms in total. The van der Waals surface area contributed by atoms with Gasteiger partial charge >= 0.3 is 0 Å². The molecule has 0 bridgehead atoms. The van der Waals surface area contributed by atoms with Crippen molar-refractivity contribution in [3.05, 3.63) is 70.9 Å². The zero-order chi connectivity index (χ0) is 24.5. The third-order valence-corrected chi connectivity index (χ3v) is 5.50. The Hall–Kier alpha value is -2.42. The predicted molar refractivity (Wildman–Crippen MR) is 134 cm³/mol. The first-order valence-electron chi connectivity index (χ1n) is 11.5. The van der Waals surface area contributed by atoms with Crippen molar-refractivity contribution in [2.75, 3.05) is 33.4 Å². The van der Waals surface area contributed by atoms with Crippen molar-refractivity contribution >= 4 is 11.6 Å². The molecule has 184 valence electrons. The summed E-state index contributed by atoms with van der Waals surface area (Å²) < 4.78 is 19.1. The highest BCUT2D eigenvalue weighted by Gasteiger charge is 2.23. The summed E-state index contributed by atoms with van der Waals surface area (Å²) in [7, 11) is 1.67. The number of benzene rings is 2. The molecule has 1 aromatic heterocycles. The maximum atomic E-state index is 10.6. The van der Waals surface area contributed by atoms with Crippen LogP contribution in [0.15, 0.2) is 54.6 Å². The molecule has 34 heavy (non-hydrogen) atoms. The number of hydrogen-bond acceptors (Lipinski definition) is 6. The van der Waals surface area contributed by atoms with Crippen molar-refractivity contribution in [3.63, 3.8) is 0 Å². The number of hydrogen-bond donors (Lipinski definition) is 1. The van der Waals surface area contributed by atoms with E-state index < -0.39 is 6.10 Å². The Kier molecular flexibility index (Phi) is 9.92. The van der Waals surface area contributed by atoms with E-state index in [-0.39, 0.29) is 12.7 Å². The Bertz CT molecular complexity index is 1010. The molecule has 0 radical (unpaired) electrons. The minimum Gasteiger partial charge on any atom is -0.439 e. The van der Waals surface area contributed by atoms with Crippen LogP contribution in [-0.4, -0.2) is 65.4 Å². The second-order valence-electron chi connectivity index (χ2n) is 8.44. The number of ether oxygens (including phenoxy) is 3. The van der Waals surface area contributed by atoms with Gasteiger partial charge in [0.15, 0.2) is 0 Å². The largest absolute Gasteiger partial charge is 0.439 e. The number of aromatic nitrogens is 2. The lowest BCUT2D eigenvalue weighted by Gasteiger charge is -2.25. The third-order valence-electron chi connectivity index (χ3n) is 5.25. The average Bonchev–Trinajstić information content (AvgIpc) is 3.13. The standard InChI is InChI=1S/C26H34ClN3O4/c1-19(2)33-18-23(31)16-29(14-15-32-4)17-25-20(3)28-30(22-8-6-5-7-9-22)26(25)34-24-12-10-21(27)11-13-24/h5-13,19,23,31H,14-18H2,1-4H3/t23-/m1/s1. The molecule has 1 heterocycles. The number of nitrogens with zero attached hydrogens (tertiary/aromatic N) is 3. The highest BCUT2D eigenvalue weighted by atomic mass is 35.5. The van der Waals surface area contributed by atoms with Gasteiger partial charge in [-0.1, -0.05) is 29.8 Å². The fourth-order valence-corrected chi connectivity index (χ4v) is 3.64. The summed E-state index contributed by atoms with van der Waals surface area (Å²) in [6.45, 7) is 8.31. The van der Waals surface area contributed by atoms with Crippen LogP contribution in [0, 0.1) is 6.92 Å². The second kappa shape index (κ2) is 12.9. The van der Waals surface area contributed by atoms with Gasteiger partial charge in [0.1, 0.15) is 5.75 Å². The molecule has 0 saturated carbocycles. The number of methoxy groups -OCH3 is 1. The van der Waals surface area contributed by atoms with Gasteiger partial charge in [-0.25, -0.2) is 4.68 Å². The van der Waals surface area contributed by atoms with E-state index in [1.54, 1.807) is 19.2 Å². The van der Waals surface area contributed by atoms with E-state index in [2.05, 4.69) is 4.90 Å². The Balaban J connectivity index is 1.92. The molecule has 1 N–H and O–H groups in total. The summed E-state index contributed by atoms with van der Waals surface area (Å²) in [5.74, 6) is 1.29. The molecular weight excluding hydrogens is 454 g/mol. The number of aryl methyl sites for hydroxylation is 1. The zero-order valence-corrected chi connectivity index (χ0v) is 21.0. The molecule has 8 heteroatoms. The highest BCUT2D eigenvalue weighted by Crippen LogP contribution is 2.32. The maximum Gasteiger partial charge on any atom is 0.227 e. The Morgan fingerprint density at radius 1 is 1.09 bits per heavy atom. The van der Waals surface area contributed by atoms with Gasteiger partial charge in [0, 0.05) is 31.8 Å². The minimum atomic E-state index is -0.621. The van der Waals surface area contributed by atoms with E-state index in [1.807, 2.05) is 67.9 Å². The predicted octanol–water partition coefficient (Wildman–Crippen LogP) is 4.86. The van der Waals surface area contributed by atoms with E-state index in [0.29, 0.717) is 42.9 Å². The van der Waals surface area contributed by atoms with E-state index in [4.69, 9.17) is 30.9 Å². The van der Waals surface area contributed by atoms with Crippen molar-refractivity contribution in [3.8, 4) is 17.3 Å². The number of rotatable bonds is 13. The molecule has 3 rings (SSSR count). The molecule has 3 aromatic rings. The van der Waals surface area contributed by atoms with Gasteiger partial charge in [-0.05, 0) is 57.2 Å². The Morgan fingerprint density at radius 2 is 1.79 bits per heavy atom. The van der Waals surface area contributed by atoms with E-state index >= 15 is 0 Å². The molecule has 0 aliphatic carbocycles. The molecule has 0 spiro atoms. The molecule has 0 saturated heterocycles. The highest BCUT2D eigenvalue weighted by molar-refractivity contribution is 6.30. The number of aliphatic hydroxyl groups excluding tert-OH is 1. The first kappa shape index (κ1) is 26.2. The molecule has 0 amide bonds. The van der Waals surface area contributed by atoms with Crippen LogP contribution in [0.4, 0.5) is 0 Å². The fraction of sp³-hybridized carbons (Fsp3) is 0.423. The average molecular weight is 488 g/mol. The van der Waals surface area contributed by atoms with Gasteiger partial charge in [0.25, 0.3) is 0 Å². The third kappa shape index (κ3) is 7.55. The normalized spacial score (nSPS) is 12.5. The Labute approximate surface area is 206 Å². The summed E-state index contributed by atoms with van der Waals surface area (Å²) in [5.41, 5.74) is 2.68. The van der Waals surface area contributed by atoms with Crippen LogP contribution in [-0.2, 0) is 16.0 Å². The van der Waals surface area contributed by atoms with Crippen molar-refractivity contribution < 1.29 is 19.3 Å². The van der Waals surface area contributed by atoms with E-state index in [1.165, 1.54) is 0 Å². The van der Waals surface area contributed by atoms with Gasteiger partial charge < -0.3 is 19.3 Å². The van der Waals surface area contributed by atoms with Crippen LogP contribution in [0.25, 0.3) is 5.69 Å². The fourth-order valence-electron chi connectivity index (χ4n) is 3.52. The van der Waals surface area contributed by atoms with Crippen LogP contribution >= 0.6 is 11.6 Å². The van der Waals surface area contributed by atoms with E-state index in [9.17, 15) is 5.11 Å². The van der Waals surface area contributed by atoms with Crippen molar-refractivity contribution in [2.24, 2.45) is 0 Å². The lowest BCUT2D eigenvalue weighted by Crippen LogP contribution is -2.37. The first-order valence-corrected chi connectivity index (χ1v) is 11.8. The lowest BCUT2D eigenvalue weighted by molar-refractivity contribution is -0.0122. The van der Waals surface area contributed by atoms with Gasteiger partial charge in [0.05, 0.1) is 42.4 Å². The quantitative estimate of drug-likeness (QED) is 0.371. The van der Waals surface area contributed by atoms with Gasteiger partial charge in [-0.15, -0.1) is 0 Å². The maximum absolute atomic E-state index is 10.6. The number of para-hydroxylation sites is 1. The topological polar surface area (TPSA) is 69.0 Å². The smallest absolute Gasteiger partial charge is 0.227 e. The van der Waals surface area contributed by atoms with Crippen LogP contribution in [0.5, 0.6) is 11.6 Å².